The van der Waals surface area contributed by atoms with Crippen molar-refractivity contribution in [2.75, 3.05) is 7.11 Å². The molecule has 0 aliphatic carbocycles. The number of pyridine rings is 1. The third-order valence-corrected chi connectivity index (χ3v) is 4.54. The van der Waals surface area contributed by atoms with Crippen molar-refractivity contribution in [3.63, 3.8) is 0 Å². The summed E-state index contributed by atoms with van der Waals surface area (Å²) in [5.41, 5.74) is 3.43. The van der Waals surface area contributed by atoms with Crippen molar-refractivity contribution in [1.29, 1.82) is 0 Å². The van der Waals surface area contributed by atoms with Crippen molar-refractivity contribution in [3.05, 3.63) is 59.4 Å². The molecule has 0 saturated heterocycles. The van der Waals surface area contributed by atoms with Crippen LogP contribution in [0, 0.1) is 6.92 Å². The number of methoxy groups -OCH3 is 1. The normalized spacial score (nSPS) is 11.7. The van der Waals surface area contributed by atoms with Crippen molar-refractivity contribution >= 4 is 33.8 Å². The number of furan rings is 1. The number of fused-ring (bicyclic) bond motifs is 3. The zero-order valence-corrected chi connectivity index (χ0v) is 14.9. The van der Waals surface area contributed by atoms with Gasteiger partial charge in [0, 0.05) is 40.4 Å². The van der Waals surface area contributed by atoms with E-state index in [0.29, 0.717) is 33.8 Å². The predicted molar refractivity (Wildman–Crippen MR) is 104 cm³/mol. The number of para-hydroxylation sites is 1. The second-order valence-electron chi connectivity index (χ2n) is 6.17. The Hall–Kier alpha value is -3.38. The van der Waals surface area contributed by atoms with Gasteiger partial charge in [-0.2, -0.15) is 0 Å². The van der Waals surface area contributed by atoms with Crippen LogP contribution in [0.25, 0.3) is 21.9 Å². The highest BCUT2D eigenvalue weighted by molar-refractivity contribution is 6.06. The lowest BCUT2D eigenvalue weighted by atomic mass is 10.1. The summed E-state index contributed by atoms with van der Waals surface area (Å²) in [6, 6.07) is 11.5. The molecule has 2 aromatic carbocycles. The number of hydrogen-bond donors (Lipinski definition) is 2. The summed E-state index contributed by atoms with van der Waals surface area (Å²) in [4.78, 5) is 8.52. The fraction of sp³-hybridized carbons (Fsp3) is 0.143. The number of rotatable bonds is 4. The summed E-state index contributed by atoms with van der Waals surface area (Å²) >= 11 is 0. The Bertz CT molecular complexity index is 1180. The molecule has 0 aliphatic rings. The first-order valence-electron chi connectivity index (χ1n) is 8.44. The molecule has 2 heterocycles. The molecule has 0 unspecified atom stereocenters. The van der Waals surface area contributed by atoms with Gasteiger partial charge in [0.2, 0.25) is 0 Å². The molecule has 136 valence electrons. The number of nitrogens with zero attached hydrogens (tertiary/aromatic N) is 2. The number of aromatic hydroxyl groups is 1. The molecule has 27 heavy (non-hydrogen) atoms. The van der Waals surface area contributed by atoms with Crippen LogP contribution in [0.5, 0.6) is 11.5 Å². The molecule has 0 aliphatic heterocycles. The average molecular weight is 362 g/mol. The average Bonchev–Trinajstić information content (AvgIpc) is 3.05. The molecule has 6 heteroatoms. The fourth-order valence-corrected chi connectivity index (χ4v) is 3.06. The van der Waals surface area contributed by atoms with Gasteiger partial charge in [-0.05, 0) is 19.1 Å². The molecule has 0 spiro atoms. The van der Waals surface area contributed by atoms with Crippen LogP contribution in [-0.4, -0.2) is 28.5 Å². The third kappa shape index (κ3) is 2.90. The Labute approximate surface area is 155 Å². The number of benzene rings is 2. The van der Waals surface area contributed by atoms with Gasteiger partial charge in [0.15, 0.2) is 0 Å². The third-order valence-electron chi connectivity index (χ3n) is 4.54. The van der Waals surface area contributed by atoms with Crippen LogP contribution in [0.1, 0.15) is 16.8 Å². The number of aliphatic hydroxyl groups is 1. The Kier molecular flexibility index (Phi) is 4.25. The van der Waals surface area contributed by atoms with E-state index in [1.54, 1.807) is 20.1 Å². The van der Waals surface area contributed by atoms with Crippen molar-refractivity contribution < 1.29 is 19.4 Å². The van der Waals surface area contributed by atoms with Gasteiger partial charge in [0.1, 0.15) is 28.4 Å². The number of aryl methyl sites for hydroxylation is 1. The molecular formula is C21H18N2O4. The topological polar surface area (TPSA) is 88.1 Å². The molecule has 4 aromatic rings. The molecule has 4 rings (SSSR count). The second-order valence-corrected chi connectivity index (χ2v) is 6.17. The summed E-state index contributed by atoms with van der Waals surface area (Å²) in [5.74, 6) is 0.579. The molecule has 2 N–H and O–H groups in total. The highest BCUT2D eigenvalue weighted by atomic mass is 16.5. The smallest absolute Gasteiger partial charge is 0.145 e. The fourth-order valence-electron chi connectivity index (χ4n) is 3.06. The van der Waals surface area contributed by atoms with Crippen LogP contribution < -0.4 is 4.74 Å². The summed E-state index contributed by atoms with van der Waals surface area (Å²) in [6.07, 6.45) is 3.03. The van der Waals surface area contributed by atoms with Crippen molar-refractivity contribution in [2.45, 2.75) is 13.5 Å². The van der Waals surface area contributed by atoms with E-state index in [9.17, 15) is 10.2 Å². The van der Waals surface area contributed by atoms with Gasteiger partial charge in [-0.1, -0.05) is 18.2 Å². The van der Waals surface area contributed by atoms with Crippen molar-refractivity contribution in [2.24, 2.45) is 4.99 Å². The van der Waals surface area contributed by atoms with Gasteiger partial charge in [0.05, 0.1) is 19.4 Å². The predicted octanol–water partition coefficient (Wildman–Crippen LogP) is 4.25. The van der Waals surface area contributed by atoms with Crippen LogP contribution in [0.2, 0.25) is 0 Å². The van der Waals surface area contributed by atoms with E-state index in [2.05, 4.69) is 9.98 Å². The van der Waals surface area contributed by atoms with E-state index in [4.69, 9.17) is 9.15 Å². The van der Waals surface area contributed by atoms with Crippen LogP contribution in [0.15, 0.2) is 52.0 Å². The molecule has 0 bridgehead atoms. The van der Waals surface area contributed by atoms with Gasteiger partial charge < -0.3 is 19.4 Å². The van der Waals surface area contributed by atoms with Gasteiger partial charge in [0.25, 0.3) is 0 Å². The quantitative estimate of drug-likeness (QED) is 0.530. The highest BCUT2D eigenvalue weighted by Crippen LogP contribution is 2.38. The van der Waals surface area contributed by atoms with Crippen LogP contribution in [0.3, 0.4) is 0 Å². The molecule has 0 saturated carbocycles. The maximum Gasteiger partial charge on any atom is 0.145 e. The van der Waals surface area contributed by atoms with Crippen molar-refractivity contribution in [3.8, 4) is 11.5 Å². The molecular weight excluding hydrogens is 344 g/mol. The monoisotopic (exact) mass is 362 g/mol. The molecule has 2 aromatic heterocycles. The zero-order valence-electron chi connectivity index (χ0n) is 14.9. The SMILES string of the molecule is COc1cc2c(cc1N=Cc1c(CO)cnc(C)c1O)oc1ccccc12. The summed E-state index contributed by atoms with van der Waals surface area (Å²) in [5, 5.41) is 21.7. The largest absolute Gasteiger partial charge is 0.505 e. The van der Waals surface area contributed by atoms with E-state index in [1.165, 1.54) is 12.4 Å². The number of hydrogen-bond acceptors (Lipinski definition) is 6. The second kappa shape index (κ2) is 6.74. The minimum atomic E-state index is -0.248. The number of ether oxygens (including phenoxy) is 1. The summed E-state index contributed by atoms with van der Waals surface area (Å²) < 4.78 is 11.4. The Morgan fingerprint density at radius 2 is 2.00 bits per heavy atom. The summed E-state index contributed by atoms with van der Waals surface area (Å²) in [7, 11) is 1.58. The van der Waals surface area contributed by atoms with E-state index >= 15 is 0 Å². The molecule has 0 atom stereocenters. The molecule has 0 radical (unpaired) electrons. The van der Waals surface area contributed by atoms with E-state index < -0.39 is 0 Å². The molecule has 6 nitrogen and oxygen atoms in total. The number of aromatic nitrogens is 1. The Morgan fingerprint density at radius 3 is 2.78 bits per heavy atom. The standard InChI is InChI=1S/C21H18N2O4/c1-12-21(25)16(13(11-24)9-22-12)10-23-17-8-19-15(7-20(17)26-2)14-5-3-4-6-18(14)27-19/h3-10,24-25H,11H2,1-2H3. The first-order valence-corrected chi connectivity index (χ1v) is 8.44. The van der Waals surface area contributed by atoms with Crippen LogP contribution >= 0.6 is 0 Å². The lowest BCUT2D eigenvalue weighted by Crippen LogP contribution is -1.97. The molecule has 0 amide bonds. The van der Waals surface area contributed by atoms with Crippen LogP contribution in [-0.2, 0) is 6.61 Å². The van der Waals surface area contributed by atoms with Gasteiger partial charge >= 0.3 is 0 Å². The van der Waals surface area contributed by atoms with Crippen LogP contribution in [0.4, 0.5) is 5.69 Å². The van der Waals surface area contributed by atoms with E-state index in [0.717, 1.165) is 16.4 Å². The highest BCUT2D eigenvalue weighted by Gasteiger charge is 2.13. The first-order chi connectivity index (χ1) is 13.1. The Morgan fingerprint density at radius 1 is 1.19 bits per heavy atom. The number of aliphatic imine (C=N–C) groups is 1. The first kappa shape index (κ1) is 17.1. The minimum absolute atomic E-state index is 0.00548. The van der Waals surface area contributed by atoms with Gasteiger partial charge in [-0.3, -0.25) is 9.98 Å². The lowest BCUT2D eigenvalue weighted by Gasteiger charge is -2.08. The van der Waals surface area contributed by atoms with Gasteiger partial charge in [-0.25, -0.2) is 0 Å². The Balaban J connectivity index is 1.86. The molecule has 0 fully saturated rings. The zero-order chi connectivity index (χ0) is 19.0. The maximum absolute atomic E-state index is 10.3. The van der Waals surface area contributed by atoms with Crippen molar-refractivity contribution in [1.82, 2.24) is 4.98 Å². The minimum Gasteiger partial charge on any atom is -0.505 e. The lowest BCUT2D eigenvalue weighted by molar-refractivity contribution is 0.280. The summed E-state index contributed by atoms with van der Waals surface area (Å²) in [6.45, 7) is 1.44. The van der Waals surface area contributed by atoms with E-state index in [1.807, 2.05) is 30.3 Å². The maximum atomic E-state index is 10.3. The van der Waals surface area contributed by atoms with E-state index in [-0.39, 0.29) is 12.4 Å². The number of aliphatic hydroxyl groups excluding tert-OH is 1. The van der Waals surface area contributed by atoms with Gasteiger partial charge in [-0.15, -0.1) is 0 Å².